The lowest BCUT2D eigenvalue weighted by molar-refractivity contribution is 0.222. The Bertz CT molecular complexity index is 404. The first-order chi connectivity index (χ1) is 7.66. The molecule has 0 aromatic carbocycles. The van der Waals surface area contributed by atoms with Crippen molar-refractivity contribution in [2.45, 2.75) is 12.8 Å². The van der Waals surface area contributed by atoms with Crippen LogP contribution in [0.5, 0.6) is 0 Å². The average molecular weight is 285 g/mol. The number of hydrogen-bond acceptors (Lipinski definition) is 3. The van der Waals surface area contributed by atoms with Crippen molar-refractivity contribution in [1.82, 2.24) is 9.88 Å². The van der Waals surface area contributed by atoms with Gasteiger partial charge in [-0.1, -0.05) is 0 Å². The summed E-state index contributed by atoms with van der Waals surface area (Å²) in [5, 5.41) is 2.75. The number of halogens is 1. The molecule has 16 heavy (non-hydrogen) atoms. The number of anilines is 2. The zero-order chi connectivity index (χ0) is 11.5. The Hall–Kier alpha value is -1.30. The van der Waals surface area contributed by atoms with Crippen LogP contribution in [0.2, 0.25) is 0 Å². The predicted molar refractivity (Wildman–Crippen MR) is 66.2 cm³/mol. The van der Waals surface area contributed by atoms with Crippen LogP contribution in [0, 0.1) is 0 Å². The number of amides is 2. The van der Waals surface area contributed by atoms with E-state index in [0.29, 0.717) is 16.0 Å². The van der Waals surface area contributed by atoms with Gasteiger partial charge in [-0.05, 0) is 34.8 Å². The van der Waals surface area contributed by atoms with Crippen LogP contribution in [-0.2, 0) is 0 Å². The quantitative estimate of drug-likeness (QED) is 0.829. The lowest BCUT2D eigenvalue weighted by atomic mass is 10.4. The SMILES string of the molecule is Nc1cnc(NC(=O)N2CCCC2)c(Br)c1. The molecule has 0 radical (unpaired) electrons. The van der Waals surface area contributed by atoms with Gasteiger partial charge >= 0.3 is 6.03 Å². The largest absolute Gasteiger partial charge is 0.397 e. The molecule has 86 valence electrons. The van der Waals surface area contributed by atoms with Gasteiger partial charge in [0.05, 0.1) is 16.4 Å². The number of hydrogen-bond donors (Lipinski definition) is 2. The van der Waals surface area contributed by atoms with Crippen molar-refractivity contribution in [3.63, 3.8) is 0 Å². The minimum atomic E-state index is -0.101. The highest BCUT2D eigenvalue weighted by atomic mass is 79.9. The lowest BCUT2D eigenvalue weighted by Crippen LogP contribution is -2.32. The van der Waals surface area contributed by atoms with Crippen molar-refractivity contribution in [3.05, 3.63) is 16.7 Å². The van der Waals surface area contributed by atoms with E-state index in [1.165, 1.54) is 6.20 Å². The van der Waals surface area contributed by atoms with Crippen LogP contribution in [0.15, 0.2) is 16.7 Å². The van der Waals surface area contributed by atoms with Gasteiger partial charge in [-0.3, -0.25) is 5.32 Å². The zero-order valence-corrected chi connectivity index (χ0v) is 10.3. The van der Waals surface area contributed by atoms with Gasteiger partial charge in [-0.2, -0.15) is 0 Å². The Morgan fingerprint density at radius 1 is 1.50 bits per heavy atom. The summed E-state index contributed by atoms with van der Waals surface area (Å²) in [6, 6.07) is 1.61. The van der Waals surface area contributed by atoms with Crippen molar-refractivity contribution in [1.29, 1.82) is 0 Å². The maximum Gasteiger partial charge on any atom is 0.323 e. The molecule has 0 bridgehead atoms. The van der Waals surface area contributed by atoms with E-state index in [0.717, 1.165) is 25.9 Å². The number of pyridine rings is 1. The molecular weight excluding hydrogens is 272 g/mol. The van der Waals surface area contributed by atoms with E-state index < -0.39 is 0 Å². The Labute approximate surface area is 102 Å². The normalized spacial score (nSPS) is 15.2. The van der Waals surface area contributed by atoms with E-state index in [9.17, 15) is 4.79 Å². The molecule has 3 N–H and O–H groups in total. The number of carbonyl (C=O) groups excluding carboxylic acids is 1. The van der Waals surface area contributed by atoms with Crippen LogP contribution in [0.1, 0.15) is 12.8 Å². The lowest BCUT2D eigenvalue weighted by Gasteiger charge is -2.16. The van der Waals surface area contributed by atoms with Crippen molar-refractivity contribution >= 4 is 33.5 Å². The summed E-state index contributed by atoms with van der Waals surface area (Å²) in [5.74, 6) is 0.506. The first-order valence-corrected chi connectivity index (χ1v) is 5.93. The molecule has 0 atom stereocenters. The third kappa shape index (κ3) is 2.44. The van der Waals surface area contributed by atoms with E-state index in [-0.39, 0.29) is 6.03 Å². The van der Waals surface area contributed by atoms with Crippen LogP contribution in [0.3, 0.4) is 0 Å². The monoisotopic (exact) mass is 284 g/mol. The molecule has 1 aromatic rings. The van der Waals surface area contributed by atoms with Crippen molar-refractivity contribution < 1.29 is 4.79 Å². The highest BCUT2D eigenvalue weighted by Gasteiger charge is 2.18. The van der Waals surface area contributed by atoms with E-state index in [4.69, 9.17) is 5.73 Å². The summed E-state index contributed by atoms with van der Waals surface area (Å²) in [7, 11) is 0. The number of likely N-dealkylation sites (tertiary alicyclic amines) is 1. The van der Waals surface area contributed by atoms with Gasteiger partial charge in [0.2, 0.25) is 0 Å². The van der Waals surface area contributed by atoms with E-state index in [1.54, 1.807) is 11.0 Å². The molecule has 5 nitrogen and oxygen atoms in total. The first-order valence-electron chi connectivity index (χ1n) is 5.14. The van der Waals surface area contributed by atoms with Crippen LogP contribution in [0.4, 0.5) is 16.3 Å². The van der Waals surface area contributed by atoms with Crippen molar-refractivity contribution in [2.75, 3.05) is 24.1 Å². The first kappa shape index (κ1) is 11.2. The summed E-state index contributed by atoms with van der Waals surface area (Å²) in [5.41, 5.74) is 6.13. The Morgan fingerprint density at radius 3 is 2.81 bits per heavy atom. The molecule has 0 unspecified atom stereocenters. The highest BCUT2D eigenvalue weighted by Crippen LogP contribution is 2.22. The number of aromatic nitrogens is 1. The minimum Gasteiger partial charge on any atom is -0.397 e. The molecule has 0 spiro atoms. The summed E-state index contributed by atoms with van der Waals surface area (Å²) in [6.45, 7) is 1.64. The second kappa shape index (κ2) is 4.69. The second-order valence-corrected chi connectivity index (χ2v) is 4.58. The molecule has 1 saturated heterocycles. The number of carbonyl (C=O) groups is 1. The second-order valence-electron chi connectivity index (χ2n) is 3.72. The number of nitrogens with zero attached hydrogens (tertiary/aromatic N) is 2. The molecule has 1 aliphatic heterocycles. The summed E-state index contributed by atoms with van der Waals surface area (Å²) < 4.78 is 0.694. The Balaban J connectivity index is 2.05. The fraction of sp³-hybridized carbons (Fsp3) is 0.400. The van der Waals surface area contributed by atoms with Gasteiger partial charge in [0.15, 0.2) is 0 Å². The van der Waals surface area contributed by atoms with Crippen LogP contribution in [0.25, 0.3) is 0 Å². The fourth-order valence-corrected chi connectivity index (χ4v) is 2.11. The molecule has 0 saturated carbocycles. The topological polar surface area (TPSA) is 71.2 Å². The third-order valence-corrected chi connectivity index (χ3v) is 3.09. The number of urea groups is 1. The third-order valence-electron chi connectivity index (χ3n) is 2.48. The number of nitrogens with two attached hydrogens (primary N) is 1. The van der Waals surface area contributed by atoms with Gasteiger partial charge in [-0.25, -0.2) is 9.78 Å². The smallest absolute Gasteiger partial charge is 0.323 e. The molecule has 1 aliphatic rings. The number of nitrogen functional groups attached to an aromatic ring is 1. The molecule has 2 amide bonds. The van der Waals surface area contributed by atoms with Crippen LogP contribution < -0.4 is 11.1 Å². The predicted octanol–water partition coefficient (Wildman–Crippen LogP) is 2.05. The van der Waals surface area contributed by atoms with E-state index in [1.807, 2.05) is 0 Å². The molecular formula is C10H13BrN4O. The van der Waals surface area contributed by atoms with Gasteiger partial charge in [0.1, 0.15) is 5.82 Å². The zero-order valence-electron chi connectivity index (χ0n) is 8.74. The molecule has 6 heteroatoms. The molecule has 1 aromatic heterocycles. The Morgan fingerprint density at radius 2 is 2.19 bits per heavy atom. The van der Waals surface area contributed by atoms with Crippen molar-refractivity contribution in [3.8, 4) is 0 Å². The fourth-order valence-electron chi connectivity index (χ4n) is 1.65. The standard InChI is InChI=1S/C10H13BrN4O/c11-8-5-7(12)6-13-9(8)14-10(16)15-3-1-2-4-15/h5-6H,1-4,12H2,(H,13,14,16). The molecule has 1 fully saturated rings. The molecule has 0 aliphatic carbocycles. The van der Waals surface area contributed by atoms with E-state index >= 15 is 0 Å². The van der Waals surface area contributed by atoms with Gasteiger partial charge in [-0.15, -0.1) is 0 Å². The summed E-state index contributed by atoms with van der Waals surface area (Å²) in [4.78, 5) is 17.6. The minimum absolute atomic E-state index is 0.101. The van der Waals surface area contributed by atoms with Crippen LogP contribution in [-0.4, -0.2) is 29.0 Å². The highest BCUT2D eigenvalue weighted by molar-refractivity contribution is 9.10. The van der Waals surface area contributed by atoms with E-state index in [2.05, 4.69) is 26.2 Å². The maximum absolute atomic E-state index is 11.8. The number of nitrogens with one attached hydrogen (secondary N) is 1. The Kier molecular flexibility index (Phi) is 3.28. The molecule has 2 heterocycles. The summed E-state index contributed by atoms with van der Waals surface area (Å²) >= 11 is 3.31. The number of rotatable bonds is 1. The van der Waals surface area contributed by atoms with Crippen LogP contribution >= 0.6 is 15.9 Å². The molecule has 2 rings (SSSR count). The average Bonchev–Trinajstić information content (AvgIpc) is 2.75. The summed E-state index contributed by atoms with van der Waals surface area (Å²) in [6.07, 6.45) is 3.66. The maximum atomic E-state index is 11.8. The van der Waals surface area contributed by atoms with Crippen molar-refractivity contribution in [2.24, 2.45) is 0 Å². The van der Waals surface area contributed by atoms with Gasteiger partial charge < -0.3 is 10.6 Å². The van der Waals surface area contributed by atoms with Gasteiger partial charge in [0.25, 0.3) is 0 Å². The van der Waals surface area contributed by atoms with Gasteiger partial charge in [0, 0.05) is 13.1 Å².